The minimum Gasteiger partial charge on any atom is -0.303 e. The van der Waals surface area contributed by atoms with Crippen molar-refractivity contribution in [3.63, 3.8) is 0 Å². The van der Waals surface area contributed by atoms with Gasteiger partial charge in [-0.15, -0.1) is 12.4 Å². The molecular weight excluding hydrogens is 350 g/mol. The molecule has 1 saturated heterocycles. The molecule has 4 rings (SSSR count). The highest BCUT2D eigenvalue weighted by molar-refractivity contribution is 5.85. The molecule has 2 fully saturated rings. The monoisotopic (exact) mass is 387 g/mol. The van der Waals surface area contributed by atoms with Gasteiger partial charge in [-0.25, -0.2) is 0 Å². The van der Waals surface area contributed by atoms with Crippen molar-refractivity contribution in [1.29, 1.82) is 0 Å². The van der Waals surface area contributed by atoms with Crippen LogP contribution in [-0.4, -0.2) is 24.5 Å². The van der Waals surface area contributed by atoms with Crippen LogP contribution in [0.4, 0.5) is 0 Å². The first-order chi connectivity index (χ1) is 12.3. The maximum absolute atomic E-state index is 2.73. The van der Waals surface area contributed by atoms with Crippen molar-refractivity contribution in [2.45, 2.75) is 72.1 Å². The molecule has 2 heteroatoms. The molecule has 0 N–H and O–H groups in total. The summed E-state index contributed by atoms with van der Waals surface area (Å²) in [5.41, 5.74) is 5.47. The fourth-order valence-electron chi connectivity index (χ4n) is 5.80. The normalized spacial score (nSPS) is 25.6. The SMILES string of the molecule is CC1(C)C=C(c2ccccc2C2CCN(CC3CC3)CC2)CC(C)(C)C1.Cl. The highest BCUT2D eigenvalue weighted by Gasteiger charge is 2.35. The number of allylic oxidation sites excluding steroid dienone is 2. The molecule has 1 nitrogen and oxygen atoms in total. The summed E-state index contributed by atoms with van der Waals surface area (Å²) in [6, 6.07) is 9.33. The minimum absolute atomic E-state index is 0. The van der Waals surface area contributed by atoms with Crippen LogP contribution in [0.5, 0.6) is 0 Å². The molecule has 1 heterocycles. The molecule has 3 aliphatic rings. The number of halogens is 1. The smallest absolute Gasteiger partial charge is 0.000967 e. The standard InChI is InChI=1S/C25H37N.ClH/c1-24(2)15-21(16-25(3,4)18-24)23-8-6-5-7-22(23)20-11-13-26(14-12-20)17-19-9-10-19;/h5-8,15,19-20H,9-14,16-18H2,1-4H3;1H. The Morgan fingerprint density at radius 2 is 1.63 bits per heavy atom. The summed E-state index contributed by atoms with van der Waals surface area (Å²) >= 11 is 0. The van der Waals surface area contributed by atoms with E-state index in [1.54, 1.807) is 16.7 Å². The first kappa shape index (κ1) is 20.9. The molecule has 0 amide bonds. The van der Waals surface area contributed by atoms with Gasteiger partial charge in [-0.05, 0) is 91.0 Å². The molecule has 0 spiro atoms. The number of nitrogens with zero attached hydrogens (tertiary/aromatic N) is 1. The summed E-state index contributed by atoms with van der Waals surface area (Å²) in [4.78, 5) is 2.73. The zero-order chi connectivity index (χ0) is 18.4. The second-order valence-corrected chi connectivity index (χ2v) is 10.8. The third-order valence-electron chi connectivity index (χ3n) is 6.72. The van der Waals surface area contributed by atoms with Gasteiger partial charge in [-0.1, -0.05) is 58.0 Å². The Balaban J connectivity index is 0.00000210. The molecule has 1 aliphatic heterocycles. The lowest BCUT2D eigenvalue weighted by atomic mass is 9.65. The van der Waals surface area contributed by atoms with Crippen LogP contribution in [-0.2, 0) is 0 Å². The summed E-state index contributed by atoms with van der Waals surface area (Å²) in [5, 5.41) is 0. The molecule has 0 radical (unpaired) electrons. The van der Waals surface area contributed by atoms with Crippen LogP contribution in [0.2, 0.25) is 0 Å². The molecule has 0 aromatic heterocycles. The van der Waals surface area contributed by atoms with Crippen molar-refractivity contribution in [1.82, 2.24) is 4.90 Å². The van der Waals surface area contributed by atoms with Gasteiger partial charge in [0.1, 0.15) is 0 Å². The Bertz CT molecular complexity index is 675. The number of rotatable bonds is 4. The van der Waals surface area contributed by atoms with Crippen LogP contribution >= 0.6 is 12.4 Å². The number of hydrogen-bond donors (Lipinski definition) is 0. The van der Waals surface area contributed by atoms with Crippen molar-refractivity contribution in [3.05, 3.63) is 41.5 Å². The highest BCUT2D eigenvalue weighted by Crippen LogP contribution is 2.48. The van der Waals surface area contributed by atoms with Gasteiger partial charge in [-0.2, -0.15) is 0 Å². The molecule has 0 bridgehead atoms. The van der Waals surface area contributed by atoms with Crippen LogP contribution in [0, 0.1) is 16.7 Å². The van der Waals surface area contributed by atoms with Crippen molar-refractivity contribution < 1.29 is 0 Å². The molecule has 0 unspecified atom stereocenters. The van der Waals surface area contributed by atoms with E-state index in [1.165, 1.54) is 58.2 Å². The van der Waals surface area contributed by atoms with Gasteiger partial charge < -0.3 is 4.90 Å². The summed E-state index contributed by atoms with van der Waals surface area (Å²) in [6.07, 6.45) is 10.7. The lowest BCUT2D eigenvalue weighted by molar-refractivity contribution is 0.204. The second-order valence-electron chi connectivity index (χ2n) is 10.8. The zero-order valence-electron chi connectivity index (χ0n) is 17.8. The van der Waals surface area contributed by atoms with Gasteiger partial charge in [-0.3, -0.25) is 0 Å². The maximum atomic E-state index is 2.73. The molecule has 1 aromatic carbocycles. The second kappa shape index (κ2) is 7.91. The van der Waals surface area contributed by atoms with E-state index in [2.05, 4.69) is 62.9 Å². The molecule has 27 heavy (non-hydrogen) atoms. The van der Waals surface area contributed by atoms with E-state index in [-0.39, 0.29) is 12.4 Å². The predicted octanol–water partition coefficient (Wildman–Crippen LogP) is 6.93. The van der Waals surface area contributed by atoms with Crippen LogP contribution < -0.4 is 0 Å². The van der Waals surface area contributed by atoms with E-state index in [1.807, 2.05) is 0 Å². The molecule has 1 aromatic rings. The first-order valence-electron chi connectivity index (χ1n) is 10.8. The Kier molecular flexibility index (Phi) is 6.14. The van der Waals surface area contributed by atoms with Crippen molar-refractivity contribution >= 4 is 18.0 Å². The lowest BCUT2D eigenvalue weighted by Crippen LogP contribution is -2.34. The molecular formula is C25H38ClN. The quantitative estimate of drug-likeness (QED) is 0.541. The summed E-state index contributed by atoms with van der Waals surface area (Å²) in [6.45, 7) is 13.7. The summed E-state index contributed by atoms with van der Waals surface area (Å²) in [7, 11) is 0. The van der Waals surface area contributed by atoms with E-state index in [9.17, 15) is 0 Å². The average Bonchev–Trinajstić information content (AvgIpc) is 3.37. The minimum atomic E-state index is 0. The number of hydrogen-bond acceptors (Lipinski definition) is 1. The maximum Gasteiger partial charge on any atom is 0.000967 e. The molecule has 1 saturated carbocycles. The van der Waals surface area contributed by atoms with Crippen LogP contribution in [0.1, 0.15) is 83.3 Å². The fraction of sp³-hybridized carbons (Fsp3) is 0.680. The van der Waals surface area contributed by atoms with Crippen molar-refractivity contribution in [2.75, 3.05) is 19.6 Å². The topological polar surface area (TPSA) is 3.24 Å². The third kappa shape index (κ3) is 5.18. The van der Waals surface area contributed by atoms with E-state index in [0.29, 0.717) is 10.8 Å². The van der Waals surface area contributed by atoms with Gasteiger partial charge in [0.25, 0.3) is 0 Å². The van der Waals surface area contributed by atoms with Crippen molar-refractivity contribution in [3.8, 4) is 0 Å². The summed E-state index contributed by atoms with van der Waals surface area (Å²) in [5.74, 6) is 1.77. The van der Waals surface area contributed by atoms with Crippen molar-refractivity contribution in [2.24, 2.45) is 16.7 Å². The number of benzene rings is 1. The average molecular weight is 388 g/mol. The van der Waals surface area contributed by atoms with Gasteiger partial charge in [0.05, 0.1) is 0 Å². The van der Waals surface area contributed by atoms with E-state index in [4.69, 9.17) is 0 Å². The fourth-order valence-corrected chi connectivity index (χ4v) is 5.80. The Hall–Kier alpha value is -0.790. The van der Waals surface area contributed by atoms with Gasteiger partial charge in [0.15, 0.2) is 0 Å². The Morgan fingerprint density at radius 3 is 2.26 bits per heavy atom. The largest absolute Gasteiger partial charge is 0.303 e. The van der Waals surface area contributed by atoms with E-state index in [0.717, 1.165) is 11.8 Å². The number of piperidine rings is 1. The van der Waals surface area contributed by atoms with Gasteiger partial charge in [0.2, 0.25) is 0 Å². The Morgan fingerprint density at radius 1 is 0.963 bits per heavy atom. The lowest BCUT2D eigenvalue weighted by Gasteiger charge is -2.40. The Labute approximate surface area is 173 Å². The predicted molar refractivity (Wildman–Crippen MR) is 120 cm³/mol. The van der Waals surface area contributed by atoms with Gasteiger partial charge >= 0.3 is 0 Å². The number of likely N-dealkylation sites (tertiary alicyclic amines) is 1. The highest BCUT2D eigenvalue weighted by atomic mass is 35.5. The van der Waals surface area contributed by atoms with Crippen LogP contribution in [0.3, 0.4) is 0 Å². The summed E-state index contributed by atoms with van der Waals surface area (Å²) < 4.78 is 0. The molecule has 150 valence electrons. The zero-order valence-corrected chi connectivity index (χ0v) is 18.6. The molecule has 0 atom stereocenters. The van der Waals surface area contributed by atoms with Crippen LogP contribution in [0.15, 0.2) is 30.3 Å². The van der Waals surface area contributed by atoms with E-state index >= 15 is 0 Å². The first-order valence-corrected chi connectivity index (χ1v) is 10.8. The molecule has 2 aliphatic carbocycles. The third-order valence-corrected chi connectivity index (χ3v) is 6.72. The van der Waals surface area contributed by atoms with E-state index < -0.39 is 0 Å². The van der Waals surface area contributed by atoms with Gasteiger partial charge in [0, 0.05) is 6.54 Å². The van der Waals surface area contributed by atoms with Crippen LogP contribution in [0.25, 0.3) is 5.57 Å².